The third kappa shape index (κ3) is 2.46. The van der Waals surface area contributed by atoms with Crippen molar-refractivity contribution in [2.75, 3.05) is 6.54 Å². The van der Waals surface area contributed by atoms with Gasteiger partial charge in [0.2, 0.25) is 0 Å². The van der Waals surface area contributed by atoms with Crippen LogP contribution in [-0.4, -0.2) is 23.8 Å². The van der Waals surface area contributed by atoms with E-state index in [0.717, 1.165) is 13.0 Å². The van der Waals surface area contributed by atoms with Crippen molar-refractivity contribution in [3.63, 3.8) is 0 Å². The Balaban J connectivity index is 2.24. The first-order valence-electron chi connectivity index (χ1n) is 4.41. The minimum absolute atomic E-state index is 0.0390. The maximum Gasteiger partial charge on any atom is 0.0603 e. The summed E-state index contributed by atoms with van der Waals surface area (Å²) in [6.07, 6.45) is 1.97. The lowest BCUT2D eigenvalue weighted by Crippen LogP contribution is -2.46. The van der Waals surface area contributed by atoms with Gasteiger partial charge >= 0.3 is 0 Å². The fraction of sp³-hybridized carbons (Fsp3) is 1.00. The predicted octanol–water partition coefficient (Wildman–Crippen LogP) is 1.15. The molecule has 2 heteroatoms. The van der Waals surface area contributed by atoms with Crippen molar-refractivity contribution < 1.29 is 5.11 Å². The van der Waals surface area contributed by atoms with Crippen LogP contribution in [-0.2, 0) is 0 Å². The summed E-state index contributed by atoms with van der Waals surface area (Å²) in [6, 6.07) is 0.573. The molecule has 2 atom stereocenters. The van der Waals surface area contributed by atoms with Gasteiger partial charge in [0.05, 0.1) is 6.10 Å². The number of rotatable bonds is 2. The van der Waals surface area contributed by atoms with Crippen LogP contribution in [0.1, 0.15) is 33.6 Å². The molecule has 0 amide bonds. The van der Waals surface area contributed by atoms with Crippen LogP contribution in [0, 0.1) is 5.41 Å². The van der Waals surface area contributed by atoms with Crippen LogP contribution in [0.25, 0.3) is 0 Å². The molecule has 2 unspecified atom stereocenters. The molecule has 66 valence electrons. The van der Waals surface area contributed by atoms with E-state index >= 15 is 0 Å². The van der Waals surface area contributed by atoms with Crippen LogP contribution in [0.2, 0.25) is 0 Å². The lowest BCUT2D eigenvalue weighted by atomic mass is 9.83. The van der Waals surface area contributed by atoms with Crippen LogP contribution in [0.3, 0.4) is 0 Å². The van der Waals surface area contributed by atoms with E-state index in [4.69, 9.17) is 0 Å². The highest BCUT2D eigenvalue weighted by atomic mass is 16.3. The Labute approximate surface area is 69.0 Å². The van der Waals surface area contributed by atoms with E-state index in [2.05, 4.69) is 26.1 Å². The van der Waals surface area contributed by atoms with Gasteiger partial charge in [-0.25, -0.2) is 0 Å². The Morgan fingerprint density at radius 1 is 1.55 bits per heavy atom. The van der Waals surface area contributed by atoms with E-state index < -0.39 is 0 Å². The standard InChI is InChI=1S/C9H19NO/c1-9(2,3)8(11)6-7-4-5-10-7/h7-8,10-11H,4-6H2,1-3H3. The number of nitrogens with one attached hydrogen (secondary N) is 1. The largest absolute Gasteiger partial charge is 0.393 e. The molecule has 0 bridgehead atoms. The molecule has 0 aromatic heterocycles. The summed E-state index contributed by atoms with van der Waals surface area (Å²) in [7, 11) is 0. The molecule has 11 heavy (non-hydrogen) atoms. The molecule has 0 radical (unpaired) electrons. The summed E-state index contributed by atoms with van der Waals surface area (Å²) in [4.78, 5) is 0. The van der Waals surface area contributed by atoms with E-state index in [1.807, 2.05) is 0 Å². The first-order chi connectivity index (χ1) is 5.00. The molecule has 2 N–H and O–H groups in total. The van der Waals surface area contributed by atoms with Gasteiger partial charge in [-0.3, -0.25) is 0 Å². The second-order valence-corrected chi connectivity index (χ2v) is 4.56. The molecule has 1 heterocycles. The van der Waals surface area contributed by atoms with E-state index in [0.29, 0.717) is 6.04 Å². The topological polar surface area (TPSA) is 32.3 Å². The van der Waals surface area contributed by atoms with Crippen molar-refractivity contribution in [1.82, 2.24) is 5.32 Å². The first kappa shape index (κ1) is 9.01. The SMILES string of the molecule is CC(C)(C)C(O)CC1CCN1. The summed E-state index contributed by atoms with van der Waals surface area (Å²) in [5.74, 6) is 0. The molecular weight excluding hydrogens is 138 g/mol. The summed E-state index contributed by atoms with van der Waals surface area (Å²) in [5, 5.41) is 13.0. The number of aliphatic hydroxyl groups excluding tert-OH is 1. The van der Waals surface area contributed by atoms with Crippen LogP contribution in [0.15, 0.2) is 0 Å². The molecule has 0 aromatic carbocycles. The summed E-state index contributed by atoms with van der Waals surface area (Å²) in [5.41, 5.74) is 0.0390. The van der Waals surface area contributed by atoms with Gasteiger partial charge in [-0.05, 0) is 24.8 Å². The fourth-order valence-electron chi connectivity index (χ4n) is 1.17. The highest BCUT2D eigenvalue weighted by Gasteiger charge is 2.27. The Morgan fingerprint density at radius 2 is 2.09 bits per heavy atom. The number of aliphatic hydroxyl groups is 1. The van der Waals surface area contributed by atoms with Crippen molar-refractivity contribution in [2.45, 2.75) is 45.8 Å². The highest BCUT2D eigenvalue weighted by Crippen LogP contribution is 2.24. The monoisotopic (exact) mass is 157 g/mol. The van der Waals surface area contributed by atoms with E-state index in [9.17, 15) is 5.11 Å². The molecule has 2 nitrogen and oxygen atoms in total. The lowest BCUT2D eigenvalue weighted by molar-refractivity contribution is 0.0392. The molecule has 1 rings (SSSR count). The van der Waals surface area contributed by atoms with Gasteiger partial charge in [-0.1, -0.05) is 20.8 Å². The molecule has 0 saturated carbocycles. The van der Waals surface area contributed by atoms with Gasteiger partial charge in [0.25, 0.3) is 0 Å². The van der Waals surface area contributed by atoms with Crippen molar-refractivity contribution in [2.24, 2.45) is 5.41 Å². The van der Waals surface area contributed by atoms with Gasteiger partial charge in [-0.15, -0.1) is 0 Å². The Hall–Kier alpha value is -0.0800. The van der Waals surface area contributed by atoms with Crippen molar-refractivity contribution in [3.05, 3.63) is 0 Å². The molecule has 0 aromatic rings. The summed E-state index contributed by atoms with van der Waals surface area (Å²) >= 11 is 0. The third-order valence-electron chi connectivity index (χ3n) is 2.43. The zero-order valence-corrected chi connectivity index (χ0v) is 7.72. The Kier molecular flexibility index (Phi) is 2.55. The van der Waals surface area contributed by atoms with Gasteiger partial charge < -0.3 is 10.4 Å². The number of hydrogen-bond donors (Lipinski definition) is 2. The van der Waals surface area contributed by atoms with Gasteiger partial charge in [0.1, 0.15) is 0 Å². The van der Waals surface area contributed by atoms with Crippen LogP contribution in [0.4, 0.5) is 0 Å². The molecule has 0 aliphatic carbocycles. The average Bonchev–Trinajstić information content (AvgIpc) is 1.75. The fourth-order valence-corrected chi connectivity index (χ4v) is 1.17. The minimum atomic E-state index is -0.166. The van der Waals surface area contributed by atoms with E-state index in [1.54, 1.807) is 0 Å². The maximum atomic E-state index is 9.68. The van der Waals surface area contributed by atoms with Crippen LogP contribution < -0.4 is 5.32 Å². The Morgan fingerprint density at radius 3 is 2.36 bits per heavy atom. The smallest absolute Gasteiger partial charge is 0.0603 e. The predicted molar refractivity (Wildman–Crippen MR) is 46.5 cm³/mol. The average molecular weight is 157 g/mol. The molecule has 1 aliphatic heterocycles. The zero-order valence-electron chi connectivity index (χ0n) is 7.72. The minimum Gasteiger partial charge on any atom is -0.393 e. The van der Waals surface area contributed by atoms with Gasteiger partial charge in [0.15, 0.2) is 0 Å². The Bertz CT molecular complexity index is 124. The van der Waals surface area contributed by atoms with Gasteiger partial charge in [0, 0.05) is 6.04 Å². The molecule has 1 saturated heterocycles. The normalized spacial score (nSPS) is 27.8. The summed E-state index contributed by atoms with van der Waals surface area (Å²) in [6.45, 7) is 7.37. The quantitative estimate of drug-likeness (QED) is 0.630. The van der Waals surface area contributed by atoms with Gasteiger partial charge in [-0.2, -0.15) is 0 Å². The first-order valence-corrected chi connectivity index (χ1v) is 4.41. The third-order valence-corrected chi connectivity index (χ3v) is 2.43. The van der Waals surface area contributed by atoms with E-state index in [-0.39, 0.29) is 11.5 Å². The van der Waals surface area contributed by atoms with Crippen LogP contribution >= 0.6 is 0 Å². The number of hydrogen-bond acceptors (Lipinski definition) is 2. The molecule has 0 spiro atoms. The molecular formula is C9H19NO. The van der Waals surface area contributed by atoms with Crippen molar-refractivity contribution in [3.8, 4) is 0 Å². The lowest BCUT2D eigenvalue weighted by Gasteiger charge is -2.34. The zero-order chi connectivity index (χ0) is 8.48. The molecule has 1 fully saturated rings. The van der Waals surface area contributed by atoms with Crippen molar-refractivity contribution >= 4 is 0 Å². The highest BCUT2D eigenvalue weighted by molar-refractivity contribution is 4.84. The van der Waals surface area contributed by atoms with Crippen LogP contribution in [0.5, 0.6) is 0 Å². The van der Waals surface area contributed by atoms with E-state index in [1.165, 1.54) is 6.42 Å². The van der Waals surface area contributed by atoms with Crippen molar-refractivity contribution in [1.29, 1.82) is 0 Å². The molecule has 1 aliphatic rings. The maximum absolute atomic E-state index is 9.68. The second kappa shape index (κ2) is 3.11. The summed E-state index contributed by atoms with van der Waals surface area (Å²) < 4.78 is 0. The second-order valence-electron chi connectivity index (χ2n) is 4.56.